The Balaban J connectivity index is 2.34. The summed E-state index contributed by atoms with van der Waals surface area (Å²) in [6.45, 7) is 4.89. The Morgan fingerprint density at radius 1 is 1.30 bits per heavy atom. The second kappa shape index (κ2) is 7.33. The highest BCUT2D eigenvalue weighted by molar-refractivity contribution is 5.66. The van der Waals surface area contributed by atoms with Gasteiger partial charge in [0.15, 0.2) is 0 Å². The van der Waals surface area contributed by atoms with E-state index in [4.69, 9.17) is 5.11 Å². The van der Waals surface area contributed by atoms with Crippen molar-refractivity contribution < 1.29 is 18.7 Å². The van der Waals surface area contributed by atoms with Crippen molar-refractivity contribution in [1.29, 1.82) is 0 Å². The van der Waals surface area contributed by atoms with Crippen molar-refractivity contribution in [3.8, 4) is 0 Å². The summed E-state index contributed by atoms with van der Waals surface area (Å²) in [5, 5.41) is 11.7. The van der Waals surface area contributed by atoms with Gasteiger partial charge in [-0.15, -0.1) is 0 Å². The van der Waals surface area contributed by atoms with Gasteiger partial charge in [0.2, 0.25) is 0 Å². The molecule has 0 bridgehead atoms. The molecule has 20 heavy (non-hydrogen) atoms. The van der Waals surface area contributed by atoms with Crippen LogP contribution in [0, 0.1) is 17.0 Å². The lowest BCUT2D eigenvalue weighted by Crippen LogP contribution is -2.23. The Kier molecular flexibility index (Phi) is 6.07. The number of aliphatic carboxylic acids is 1. The van der Waals surface area contributed by atoms with Crippen LogP contribution in [0.5, 0.6) is 0 Å². The SMILES string of the molecule is CC(C)(CCNCc1cc(F)ccc1F)CCC(=O)O. The number of halogens is 2. The molecule has 0 fully saturated rings. The fourth-order valence-corrected chi connectivity index (χ4v) is 1.90. The van der Waals surface area contributed by atoms with Crippen LogP contribution >= 0.6 is 0 Å². The fourth-order valence-electron chi connectivity index (χ4n) is 1.90. The smallest absolute Gasteiger partial charge is 0.303 e. The summed E-state index contributed by atoms with van der Waals surface area (Å²) in [6.07, 6.45) is 1.51. The zero-order chi connectivity index (χ0) is 15.2. The minimum atomic E-state index is -0.798. The summed E-state index contributed by atoms with van der Waals surface area (Å²) in [5.74, 6) is -1.68. The standard InChI is InChI=1S/C15H21F2NO2/c1-15(2,6-5-14(19)20)7-8-18-10-11-9-12(16)3-4-13(11)17/h3-4,9,18H,5-8,10H2,1-2H3,(H,19,20). The quantitative estimate of drug-likeness (QED) is 0.720. The van der Waals surface area contributed by atoms with Gasteiger partial charge in [0.1, 0.15) is 11.6 Å². The Bertz CT molecular complexity index is 461. The van der Waals surface area contributed by atoms with Crippen LogP contribution in [0.2, 0.25) is 0 Å². The second-order valence-corrected chi connectivity index (χ2v) is 5.72. The molecule has 0 spiro atoms. The molecule has 112 valence electrons. The zero-order valence-corrected chi connectivity index (χ0v) is 11.9. The largest absolute Gasteiger partial charge is 0.481 e. The predicted octanol–water partition coefficient (Wildman–Crippen LogP) is 3.34. The van der Waals surface area contributed by atoms with E-state index in [0.717, 1.165) is 18.6 Å². The maximum Gasteiger partial charge on any atom is 0.303 e. The van der Waals surface area contributed by atoms with Gasteiger partial charge in [-0.2, -0.15) is 0 Å². The number of carbonyl (C=O) groups is 1. The molecular weight excluding hydrogens is 264 g/mol. The molecule has 1 aromatic rings. The Morgan fingerprint density at radius 2 is 2.00 bits per heavy atom. The summed E-state index contributed by atoms with van der Waals surface area (Å²) < 4.78 is 26.3. The van der Waals surface area contributed by atoms with Crippen LogP contribution in [-0.2, 0) is 11.3 Å². The van der Waals surface area contributed by atoms with Gasteiger partial charge in [0, 0.05) is 18.5 Å². The molecule has 0 radical (unpaired) electrons. The summed E-state index contributed by atoms with van der Waals surface area (Å²) in [5.41, 5.74) is 0.208. The molecule has 0 saturated heterocycles. The first-order valence-electron chi connectivity index (χ1n) is 6.67. The summed E-state index contributed by atoms with van der Waals surface area (Å²) in [4.78, 5) is 10.5. The normalized spacial score (nSPS) is 11.6. The molecule has 1 rings (SSSR count). The molecule has 0 unspecified atom stereocenters. The number of carboxylic acids is 1. The Morgan fingerprint density at radius 3 is 2.65 bits per heavy atom. The number of hydrogen-bond acceptors (Lipinski definition) is 2. The van der Waals surface area contributed by atoms with Crippen LogP contribution in [-0.4, -0.2) is 17.6 Å². The first kappa shape index (κ1) is 16.6. The predicted molar refractivity (Wildman–Crippen MR) is 73.3 cm³/mol. The molecule has 2 N–H and O–H groups in total. The zero-order valence-electron chi connectivity index (χ0n) is 11.9. The summed E-state index contributed by atoms with van der Waals surface area (Å²) in [6, 6.07) is 3.38. The van der Waals surface area contributed by atoms with E-state index in [1.165, 1.54) is 6.07 Å². The highest BCUT2D eigenvalue weighted by Crippen LogP contribution is 2.26. The van der Waals surface area contributed by atoms with E-state index in [0.29, 0.717) is 18.5 Å². The highest BCUT2D eigenvalue weighted by Gasteiger charge is 2.18. The average Bonchev–Trinajstić information content (AvgIpc) is 2.36. The number of hydrogen-bond donors (Lipinski definition) is 2. The van der Waals surface area contributed by atoms with E-state index in [1.807, 2.05) is 13.8 Å². The third-order valence-electron chi connectivity index (χ3n) is 3.32. The molecule has 0 heterocycles. The van der Waals surface area contributed by atoms with E-state index >= 15 is 0 Å². The molecule has 0 aliphatic rings. The average molecular weight is 285 g/mol. The van der Waals surface area contributed by atoms with Crippen LogP contribution < -0.4 is 5.32 Å². The van der Waals surface area contributed by atoms with Gasteiger partial charge in [0.05, 0.1) is 0 Å². The molecule has 0 aliphatic heterocycles. The molecule has 0 aromatic heterocycles. The maximum atomic E-state index is 13.4. The van der Waals surface area contributed by atoms with E-state index in [9.17, 15) is 13.6 Å². The summed E-state index contributed by atoms with van der Waals surface area (Å²) >= 11 is 0. The Hall–Kier alpha value is -1.49. The van der Waals surface area contributed by atoms with Gasteiger partial charge in [-0.1, -0.05) is 13.8 Å². The lowest BCUT2D eigenvalue weighted by atomic mass is 9.84. The minimum absolute atomic E-state index is 0.0914. The molecule has 0 atom stereocenters. The molecule has 0 saturated carbocycles. The first-order valence-corrected chi connectivity index (χ1v) is 6.67. The third-order valence-corrected chi connectivity index (χ3v) is 3.32. The van der Waals surface area contributed by atoms with Crippen molar-refractivity contribution in [3.05, 3.63) is 35.4 Å². The van der Waals surface area contributed by atoms with Gasteiger partial charge in [-0.3, -0.25) is 4.79 Å². The van der Waals surface area contributed by atoms with Crippen molar-refractivity contribution in [1.82, 2.24) is 5.32 Å². The van der Waals surface area contributed by atoms with Crippen molar-refractivity contribution in [2.75, 3.05) is 6.54 Å². The van der Waals surface area contributed by atoms with Crippen molar-refractivity contribution in [2.45, 2.75) is 39.7 Å². The number of benzene rings is 1. The Labute approximate surface area is 118 Å². The van der Waals surface area contributed by atoms with Crippen LogP contribution in [0.1, 0.15) is 38.7 Å². The molecule has 3 nitrogen and oxygen atoms in total. The van der Waals surface area contributed by atoms with E-state index in [-0.39, 0.29) is 18.4 Å². The van der Waals surface area contributed by atoms with E-state index in [1.54, 1.807) is 0 Å². The lowest BCUT2D eigenvalue weighted by Gasteiger charge is -2.23. The molecule has 1 aromatic carbocycles. The van der Waals surface area contributed by atoms with Gasteiger partial charge >= 0.3 is 5.97 Å². The molecule has 0 aliphatic carbocycles. The number of nitrogens with one attached hydrogen (secondary N) is 1. The minimum Gasteiger partial charge on any atom is -0.481 e. The first-order chi connectivity index (χ1) is 9.30. The molecular formula is C15H21F2NO2. The number of carboxylic acid groups (broad SMARTS) is 1. The highest BCUT2D eigenvalue weighted by atomic mass is 19.1. The van der Waals surface area contributed by atoms with Crippen LogP contribution in [0.3, 0.4) is 0 Å². The van der Waals surface area contributed by atoms with Crippen LogP contribution in [0.15, 0.2) is 18.2 Å². The van der Waals surface area contributed by atoms with Gasteiger partial charge in [-0.25, -0.2) is 8.78 Å². The fraction of sp³-hybridized carbons (Fsp3) is 0.533. The van der Waals surface area contributed by atoms with Crippen molar-refractivity contribution in [3.63, 3.8) is 0 Å². The van der Waals surface area contributed by atoms with Gasteiger partial charge < -0.3 is 10.4 Å². The van der Waals surface area contributed by atoms with Gasteiger partial charge in [0.25, 0.3) is 0 Å². The van der Waals surface area contributed by atoms with Crippen LogP contribution in [0.25, 0.3) is 0 Å². The number of rotatable bonds is 8. The van der Waals surface area contributed by atoms with E-state index in [2.05, 4.69) is 5.32 Å². The topological polar surface area (TPSA) is 49.3 Å². The van der Waals surface area contributed by atoms with Crippen molar-refractivity contribution >= 4 is 5.97 Å². The van der Waals surface area contributed by atoms with Gasteiger partial charge in [-0.05, 0) is 43.0 Å². The van der Waals surface area contributed by atoms with Crippen molar-refractivity contribution in [2.24, 2.45) is 5.41 Å². The van der Waals surface area contributed by atoms with E-state index < -0.39 is 17.6 Å². The van der Waals surface area contributed by atoms with Crippen LogP contribution in [0.4, 0.5) is 8.78 Å². The summed E-state index contributed by atoms with van der Waals surface area (Å²) in [7, 11) is 0. The third kappa shape index (κ3) is 6.10. The molecule has 5 heteroatoms. The lowest BCUT2D eigenvalue weighted by molar-refractivity contribution is -0.137. The second-order valence-electron chi connectivity index (χ2n) is 5.72. The maximum absolute atomic E-state index is 13.4. The monoisotopic (exact) mass is 285 g/mol. The molecule has 0 amide bonds.